The molecule has 0 saturated heterocycles. The molecule has 0 unspecified atom stereocenters. The summed E-state index contributed by atoms with van der Waals surface area (Å²) < 4.78 is 18.0. The van der Waals surface area contributed by atoms with Gasteiger partial charge in [0, 0.05) is 7.05 Å². The van der Waals surface area contributed by atoms with Crippen molar-refractivity contribution in [1.29, 1.82) is 5.26 Å². The molecule has 1 aromatic heterocycles. The van der Waals surface area contributed by atoms with Gasteiger partial charge in [0.2, 0.25) is 5.75 Å². The molecule has 6 nitrogen and oxygen atoms in total. The lowest BCUT2D eigenvalue weighted by molar-refractivity contribution is 0.324. The molecular weight excluding hydrogens is 330 g/mol. The van der Waals surface area contributed by atoms with Crippen LogP contribution in [0.15, 0.2) is 36.4 Å². The number of rotatable bonds is 5. The van der Waals surface area contributed by atoms with Gasteiger partial charge in [0.1, 0.15) is 6.07 Å². The maximum Gasteiger partial charge on any atom is 0.203 e. The molecule has 1 heterocycles. The Labute approximate surface area is 151 Å². The fourth-order valence-electron chi connectivity index (χ4n) is 2.88. The fraction of sp³-hybridized carbons (Fsp3) is 0.200. The van der Waals surface area contributed by atoms with E-state index in [0.717, 1.165) is 16.6 Å². The van der Waals surface area contributed by atoms with E-state index in [2.05, 4.69) is 11.1 Å². The molecule has 0 aliphatic heterocycles. The van der Waals surface area contributed by atoms with Gasteiger partial charge in [-0.3, -0.25) is 0 Å². The van der Waals surface area contributed by atoms with Gasteiger partial charge in [-0.05, 0) is 35.9 Å². The highest BCUT2D eigenvalue weighted by Crippen LogP contribution is 2.39. The maximum absolute atomic E-state index is 9.69. The predicted molar refractivity (Wildman–Crippen MR) is 100 cm³/mol. The van der Waals surface area contributed by atoms with Crippen LogP contribution in [0.1, 0.15) is 11.4 Å². The van der Waals surface area contributed by atoms with Crippen LogP contribution in [-0.2, 0) is 7.05 Å². The summed E-state index contributed by atoms with van der Waals surface area (Å²) in [5.74, 6) is 2.16. The molecule has 3 rings (SSSR count). The molecule has 3 aromatic rings. The molecule has 6 heteroatoms. The molecule has 0 atom stereocenters. The van der Waals surface area contributed by atoms with E-state index in [0.29, 0.717) is 28.6 Å². The van der Waals surface area contributed by atoms with Crippen LogP contribution in [-0.4, -0.2) is 30.9 Å². The lowest BCUT2D eigenvalue weighted by Crippen LogP contribution is -1.97. The Morgan fingerprint density at radius 3 is 2.27 bits per heavy atom. The predicted octanol–water partition coefficient (Wildman–Crippen LogP) is 3.66. The molecule has 0 amide bonds. The van der Waals surface area contributed by atoms with E-state index >= 15 is 0 Å². The van der Waals surface area contributed by atoms with Gasteiger partial charge in [-0.1, -0.05) is 12.1 Å². The molecule has 0 spiro atoms. The van der Waals surface area contributed by atoms with Crippen molar-refractivity contribution in [2.45, 2.75) is 0 Å². The third-order valence-corrected chi connectivity index (χ3v) is 4.15. The zero-order chi connectivity index (χ0) is 18.7. The minimum Gasteiger partial charge on any atom is -0.493 e. The van der Waals surface area contributed by atoms with Gasteiger partial charge in [0.05, 0.1) is 37.9 Å². The number of imidazole rings is 1. The van der Waals surface area contributed by atoms with E-state index in [9.17, 15) is 5.26 Å². The van der Waals surface area contributed by atoms with E-state index < -0.39 is 0 Å². The Hall–Kier alpha value is -3.46. The average Bonchev–Trinajstić information content (AvgIpc) is 3.02. The van der Waals surface area contributed by atoms with Crippen molar-refractivity contribution < 1.29 is 14.2 Å². The first kappa shape index (κ1) is 17.4. The molecule has 0 fully saturated rings. The summed E-state index contributed by atoms with van der Waals surface area (Å²) in [6, 6.07) is 13.6. The highest BCUT2D eigenvalue weighted by atomic mass is 16.5. The van der Waals surface area contributed by atoms with Gasteiger partial charge in [-0.25, -0.2) is 4.98 Å². The highest BCUT2D eigenvalue weighted by Gasteiger charge is 2.15. The number of para-hydroxylation sites is 2. The number of methoxy groups -OCH3 is 3. The van der Waals surface area contributed by atoms with Crippen LogP contribution in [0.5, 0.6) is 17.2 Å². The second kappa shape index (κ2) is 7.19. The first-order chi connectivity index (χ1) is 12.6. The van der Waals surface area contributed by atoms with E-state index in [1.807, 2.05) is 35.9 Å². The first-order valence-corrected chi connectivity index (χ1v) is 7.96. The van der Waals surface area contributed by atoms with E-state index in [1.54, 1.807) is 39.5 Å². The third-order valence-electron chi connectivity index (χ3n) is 4.15. The lowest BCUT2D eigenvalue weighted by atomic mass is 10.1. The van der Waals surface area contributed by atoms with Crippen molar-refractivity contribution >= 4 is 22.7 Å². The molecule has 26 heavy (non-hydrogen) atoms. The largest absolute Gasteiger partial charge is 0.493 e. The normalized spacial score (nSPS) is 11.3. The van der Waals surface area contributed by atoms with Crippen LogP contribution >= 0.6 is 0 Å². The highest BCUT2D eigenvalue weighted by molar-refractivity contribution is 5.91. The molecule has 2 aromatic carbocycles. The Kier molecular flexibility index (Phi) is 4.81. The molecule has 0 aliphatic rings. The number of aryl methyl sites for hydroxylation is 1. The van der Waals surface area contributed by atoms with E-state index in [1.165, 1.54) is 0 Å². The summed E-state index contributed by atoms with van der Waals surface area (Å²) in [7, 11) is 6.56. The SMILES string of the molecule is COc1cc(/C=C(/C#N)c2nc3ccccc3n2C)cc(OC)c1OC. The molecular formula is C20H19N3O3. The van der Waals surface area contributed by atoms with Gasteiger partial charge < -0.3 is 18.8 Å². The van der Waals surface area contributed by atoms with Gasteiger partial charge >= 0.3 is 0 Å². The number of ether oxygens (including phenoxy) is 3. The summed E-state index contributed by atoms with van der Waals surface area (Å²) in [6.45, 7) is 0. The number of nitrogens with zero attached hydrogens (tertiary/aromatic N) is 3. The number of allylic oxidation sites excluding steroid dienone is 1. The van der Waals surface area contributed by atoms with Crippen LogP contribution in [0.3, 0.4) is 0 Å². The second-order valence-electron chi connectivity index (χ2n) is 5.61. The average molecular weight is 349 g/mol. The number of benzene rings is 2. The Morgan fingerprint density at radius 2 is 1.73 bits per heavy atom. The van der Waals surface area contributed by atoms with Crippen molar-refractivity contribution in [2.24, 2.45) is 7.05 Å². The summed E-state index contributed by atoms with van der Waals surface area (Å²) >= 11 is 0. The number of nitriles is 1. The van der Waals surface area contributed by atoms with Crippen LogP contribution in [0.2, 0.25) is 0 Å². The van der Waals surface area contributed by atoms with E-state index in [4.69, 9.17) is 14.2 Å². The van der Waals surface area contributed by atoms with Gasteiger partial charge in [0.25, 0.3) is 0 Å². The standard InChI is InChI=1S/C20H19N3O3/c1-23-16-8-6-5-7-15(16)22-20(23)14(12-21)9-13-10-17(24-2)19(26-4)18(11-13)25-3/h5-11H,1-4H3/b14-9-. The number of fused-ring (bicyclic) bond motifs is 1. The Morgan fingerprint density at radius 1 is 1.08 bits per heavy atom. The molecule has 0 saturated carbocycles. The van der Waals surface area contributed by atoms with Crippen molar-refractivity contribution in [1.82, 2.24) is 9.55 Å². The second-order valence-corrected chi connectivity index (χ2v) is 5.61. The van der Waals surface area contributed by atoms with Crippen LogP contribution in [0.4, 0.5) is 0 Å². The number of aromatic nitrogens is 2. The number of hydrogen-bond acceptors (Lipinski definition) is 5. The Balaban J connectivity index is 2.15. The summed E-state index contributed by atoms with van der Waals surface area (Å²) in [6.07, 6.45) is 1.76. The molecule has 132 valence electrons. The Bertz CT molecular complexity index is 1000. The first-order valence-electron chi connectivity index (χ1n) is 7.96. The van der Waals surface area contributed by atoms with Crippen molar-refractivity contribution in [3.05, 3.63) is 47.8 Å². The summed E-state index contributed by atoms with van der Waals surface area (Å²) in [4.78, 5) is 4.58. The topological polar surface area (TPSA) is 69.3 Å². The zero-order valence-corrected chi connectivity index (χ0v) is 15.1. The van der Waals surface area contributed by atoms with Crippen LogP contribution < -0.4 is 14.2 Å². The van der Waals surface area contributed by atoms with Gasteiger partial charge in [-0.15, -0.1) is 0 Å². The fourth-order valence-corrected chi connectivity index (χ4v) is 2.88. The number of hydrogen-bond donors (Lipinski definition) is 0. The van der Waals surface area contributed by atoms with Gasteiger partial charge in [-0.2, -0.15) is 5.26 Å². The smallest absolute Gasteiger partial charge is 0.203 e. The summed E-state index contributed by atoms with van der Waals surface area (Å²) in [5.41, 5.74) is 3.01. The third kappa shape index (κ3) is 2.95. The monoisotopic (exact) mass is 349 g/mol. The van der Waals surface area contributed by atoms with Crippen molar-refractivity contribution in [3.8, 4) is 23.3 Å². The molecule has 0 N–H and O–H groups in total. The van der Waals surface area contributed by atoms with Crippen molar-refractivity contribution in [2.75, 3.05) is 21.3 Å². The molecule has 0 aliphatic carbocycles. The minimum absolute atomic E-state index is 0.443. The molecule has 0 bridgehead atoms. The quantitative estimate of drug-likeness (QED) is 0.658. The zero-order valence-electron chi connectivity index (χ0n) is 15.1. The summed E-state index contributed by atoms with van der Waals surface area (Å²) in [5, 5.41) is 9.69. The van der Waals surface area contributed by atoms with E-state index in [-0.39, 0.29) is 0 Å². The minimum atomic E-state index is 0.443. The van der Waals surface area contributed by atoms with Crippen LogP contribution in [0.25, 0.3) is 22.7 Å². The van der Waals surface area contributed by atoms with Gasteiger partial charge in [0.15, 0.2) is 17.3 Å². The lowest BCUT2D eigenvalue weighted by Gasteiger charge is -2.13. The molecule has 0 radical (unpaired) electrons. The maximum atomic E-state index is 9.69. The van der Waals surface area contributed by atoms with Crippen LogP contribution in [0, 0.1) is 11.3 Å². The van der Waals surface area contributed by atoms with Crippen molar-refractivity contribution in [3.63, 3.8) is 0 Å².